The summed E-state index contributed by atoms with van der Waals surface area (Å²) >= 11 is 0. The first-order valence-electron chi connectivity index (χ1n) is 8.97. The summed E-state index contributed by atoms with van der Waals surface area (Å²) in [5.41, 5.74) is 2.54. The molecule has 1 N–H and O–H groups in total. The molecule has 1 saturated carbocycles. The number of hydrogen-bond donors (Lipinski definition) is 1. The van der Waals surface area contributed by atoms with Crippen molar-refractivity contribution in [3.05, 3.63) is 54.4 Å². The molecule has 1 aliphatic rings. The molecule has 0 unspecified atom stereocenters. The molecule has 3 heterocycles. The highest BCUT2D eigenvalue weighted by atomic mass is 19.1. The molecule has 27 heavy (non-hydrogen) atoms. The first-order chi connectivity index (χ1) is 13.1. The van der Waals surface area contributed by atoms with Crippen LogP contribution in [0.15, 0.2) is 42.7 Å². The van der Waals surface area contributed by atoms with Crippen LogP contribution < -0.4 is 0 Å². The van der Waals surface area contributed by atoms with Crippen LogP contribution in [0, 0.1) is 18.8 Å². The van der Waals surface area contributed by atoms with Crippen molar-refractivity contribution in [1.29, 1.82) is 0 Å². The van der Waals surface area contributed by atoms with Gasteiger partial charge >= 0.3 is 0 Å². The highest BCUT2D eigenvalue weighted by molar-refractivity contribution is 5.91. The summed E-state index contributed by atoms with van der Waals surface area (Å²) in [6.45, 7) is 2.70. The maximum Gasteiger partial charge on any atom is 0.238 e. The standard InChI is InChI=1S/C20H18FN5O/c1-12-18(23-24-26(12)17-3-2-8-22-19(17)21)14-6-7-16-15(9-14)11-25(20(16)27)10-13-4-5-13/h2-3,6-9,11,13,27H,4-5,10H2,1H3. The number of benzene rings is 1. The Bertz CT molecular complexity index is 1160. The second kappa shape index (κ2) is 5.90. The maximum atomic E-state index is 14.0. The Morgan fingerprint density at radius 2 is 2.11 bits per heavy atom. The molecule has 0 aliphatic heterocycles. The van der Waals surface area contributed by atoms with Crippen LogP contribution in [0.1, 0.15) is 18.5 Å². The van der Waals surface area contributed by atoms with Gasteiger partial charge in [0, 0.05) is 35.3 Å². The Kier molecular flexibility index (Phi) is 3.50. The second-order valence-corrected chi connectivity index (χ2v) is 7.10. The van der Waals surface area contributed by atoms with E-state index in [1.807, 2.05) is 35.9 Å². The van der Waals surface area contributed by atoms with Crippen molar-refractivity contribution in [2.45, 2.75) is 26.3 Å². The minimum Gasteiger partial charge on any atom is -0.494 e. The molecule has 4 aromatic rings. The zero-order valence-electron chi connectivity index (χ0n) is 14.8. The molecule has 3 aromatic heterocycles. The monoisotopic (exact) mass is 363 g/mol. The van der Waals surface area contributed by atoms with Crippen LogP contribution in [0.5, 0.6) is 5.88 Å². The first kappa shape index (κ1) is 16.0. The second-order valence-electron chi connectivity index (χ2n) is 7.10. The van der Waals surface area contributed by atoms with E-state index in [0.29, 0.717) is 17.5 Å². The van der Waals surface area contributed by atoms with Crippen LogP contribution in [-0.4, -0.2) is 29.7 Å². The van der Waals surface area contributed by atoms with Crippen molar-refractivity contribution in [3.63, 3.8) is 0 Å². The first-order valence-corrected chi connectivity index (χ1v) is 8.97. The predicted octanol–water partition coefficient (Wildman–Crippen LogP) is 3.85. The highest BCUT2D eigenvalue weighted by Gasteiger charge is 2.23. The predicted molar refractivity (Wildman–Crippen MR) is 99.2 cm³/mol. The molecule has 0 radical (unpaired) electrons. The number of pyridine rings is 1. The molecule has 5 rings (SSSR count). The normalized spacial score (nSPS) is 14.1. The lowest BCUT2D eigenvalue weighted by Gasteiger charge is -2.04. The molecule has 0 bridgehead atoms. The Labute approximate surface area is 154 Å². The van der Waals surface area contributed by atoms with Crippen LogP contribution in [0.3, 0.4) is 0 Å². The molecule has 7 heteroatoms. The van der Waals surface area contributed by atoms with E-state index in [4.69, 9.17) is 0 Å². The molecule has 1 fully saturated rings. The Morgan fingerprint density at radius 1 is 1.26 bits per heavy atom. The SMILES string of the molecule is Cc1c(-c2ccc3c(O)n(CC4CC4)cc3c2)nnn1-c1cccnc1F. The fourth-order valence-electron chi connectivity index (χ4n) is 3.48. The Balaban J connectivity index is 1.57. The molecule has 0 saturated heterocycles. The number of aromatic nitrogens is 5. The largest absolute Gasteiger partial charge is 0.494 e. The Hall–Kier alpha value is -3.22. The van der Waals surface area contributed by atoms with Gasteiger partial charge in [-0.15, -0.1) is 5.10 Å². The van der Waals surface area contributed by atoms with Gasteiger partial charge in [0.2, 0.25) is 5.95 Å². The lowest BCUT2D eigenvalue weighted by atomic mass is 10.1. The molecule has 0 spiro atoms. The van der Waals surface area contributed by atoms with Gasteiger partial charge in [-0.2, -0.15) is 4.39 Å². The molecule has 0 amide bonds. The number of hydrogen-bond acceptors (Lipinski definition) is 4. The number of rotatable bonds is 4. The molecular formula is C20H18FN5O. The minimum absolute atomic E-state index is 0.267. The lowest BCUT2D eigenvalue weighted by molar-refractivity contribution is 0.415. The molecule has 6 nitrogen and oxygen atoms in total. The van der Waals surface area contributed by atoms with E-state index >= 15 is 0 Å². The maximum absolute atomic E-state index is 14.0. The summed E-state index contributed by atoms with van der Waals surface area (Å²) in [6, 6.07) is 9.07. The quantitative estimate of drug-likeness (QED) is 0.559. The number of fused-ring (bicyclic) bond motifs is 1. The van der Waals surface area contributed by atoms with Crippen LogP contribution in [0.2, 0.25) is 0 Å². The molecule has 0 atom stereocenters. The van der Waals surface area contributed by atoms with Gasteiger partial charge in [0.15, 0.2) is 5.88 Å². The topological polar surface area (TPSA) is 68.8 Å². The van der Waals surface area contributed by atoms with Crippen molar-refractivity contribution in [1.82, 2.24) is 24.5 Å². The number of nitrogens with zero attached hydrogens (tertiary/aromatic N) is 5. The van der Waals surface area contributed by atoms with Crippen molar-refractivity contribution in [3.8, 4) is 22.8 Å². The van der Waals surface area contributed by atoms with Gasteiger partial charge in [0.25, 0.3) is 0 Å². The van der Waals surface area contributed by atoms with E-state index in [0.717, 1.165) is 28.6 Å². The molecule has 136 valence electrons. The number of aromatic hydroxyl groups is 1. The summed E-state index contributed by atoms with van der Waals surface area (Å²) in [7, 11) is 0. The van der Waals surface area contributed by atoms with Gasteiger partial charge in [0.05, 0.1) is 5.69 Å². The van der Waals surface area contributed by atoms with E-state index in [1.54, 1.807) is 12.1 Å². The fraction of sp³-hybridized carbons (Fsp3) is 0.250. The van der Waals surface area contributed by atoms with Crippen molar-refractivity contribution >= 4 is 10.8 Å². The minimum atomic E-state index is -0.588. The van der Waals surface area contributed by atoms with E-state index in [9.17, 15) is 9.50 Å². The number of halogens is 1. The van der Waals surface area contributed by atoms with E-state index in [2.05, 4.69) is 15.3 Å². The van der Waals surface area contributed by atoms with Gasteiger partial charge < -0.3 is 9.67 Å². The van der Waals surface area contributed by atoms with Crippen molar-refractivity contribution in [2.24, 2.45) is 5.92 Å². The van der Waals surface area contributed by atoms with Crippen LogP contribution in [0.4, 0.5) is 4.39 Å². The van der Waals surface area contributed by atoms with E-state index < -0.39 is 5.95 Å². The highest BCUT2D eigenvalue weighted by Crippen LogP contribution is 2.36. The van der Waals surface area contributed by atoms with Crippen LogP contribution >= 0.6 is 0 Å². The zero-order valence-corrected chi connectivity index (χ0v) is 14.8. The van der Waals surface area contributed by atoms with Gasteiger partial charge in [-0.25, -0.2) is 9.67 Å². The third-order valence-electron chi connectivity index (χ3n) is 5.15. The van der Waals surface area contributed by atoms with Crippen LogP contribution in [0.25, 0.3) is 27.7 Å². The van der Waals surface area contributed by atoms with Crippen LogP contribution in [-0.2, 0) is 6.54 Å². The van der Waals surface area contributed by atoms with Gasteiger partial charge in [-0.05, 0) is 49.9 Å². The average Bonchev–Trinajstić information content (AvgIpc) is 3.33. The van der Waals surface area contributed by atoms with E-state index in [1.165, 1.54) is 23.7 Å². The Morgan fingerprint density at radius 3 is 2.89 bits per heavy atom. The molecular weight excluding hydrogens is 345 g/mol. The van der Waals surface area contributed by atoms with Gasteiger partial charge in [-0.1, -0.05) is 11.3 Å². The summed E-state index contributed by atoms with van der Waals surface area (Å²) in [5, 5.41) is 20.6. The third kappa shape index (κ3) is 2.66. The van der Waals surface area contributed by atoms with Gasteiger partial charge in [0.1, 0.15) is 11.4 Å². The smallest absolute Gasteiger partial charge is 0.238 e. The summed E-state index contributed by atoms with van der Waals surface area (Å²) in [6.07, 6.45) is 5.84. The summed E-state index contributed by atoms with van der Waals surface area (Å²) in [5.74, 6) is 0.393. The molecule has 1 aliphatic carbocycles. The molecule has 1 aromatic carbocycles. The summed E-state index contributed by atoms with van der Waals surface area (Å²) in [4.78, 5) is 3.67. The lowest BCUT2D eigenvalue weighted by Crippen LogP contribution is -2.03. The van der Waals surface area contributed by atoms with E-state index in [-0.39, 0.29) is 5.69 Å². The van der Waals surface area contributed by atoms with Crippen molar-refractivity contribution in [2.75, 3.05) is 0 Å². The van der Waals surface area contributed by atoms with Gasteiger partial charge in [-0.3, -0.25) is 0 Å². The van der Waals surface area contributed by atoms with Crippen molar-refractivity contribution < 1.29 is 9.50 Å². The summed E-state index contributed by atoms with van der Waals surface area (Å²) < 4.78 is 17.4. The fourth-order valence-corrected chi connectivity index (χ4v) is 3.48. The zero-order chi connectivity index (χ0) is 18.5. The third-order valence-corrected chi connectivity index (χ3v) is 5.15. The average molecular weight is 363 g/mol.